The van der Waals surface area contributed by atoms with Crippen LogP contribution in [-0.4, -0.2) is 18.2 Å². The lowest BCUT2D eigenvalue weighted by molar-refractivity contribution is 0.583. The predicted octanol–water partition coefficient (Wildman–Crippen LogP) is 2.55. The van der Waals surface area contributed by atoms with Crippen LogP contribution in [0.25, 0.3) is 11.3 Å². The summed E-state index contributed by atoms with van der Waals surface area (Å²) in [5.41, 5.74) is 3.12. The van der Waals surface area contributed by atoms with Gasteiger partial charge in [-0.25, -0.2) is 17.8 Å². The van der Waals surface area contributed by atoms with E-state index in [0.29, 0.717) is 11.3 Å². The number of thiophene rings is 1. The number of sulfonamides is 1. The van der Waals surface area contributed by atoms with E-state index in [0.717, 1.165) is 23.3 Å². The van der Waals surface area contributed by atoms with Crippen molar-refractivity contribution < 1.29 is 8.42 Å². The van der Waals surface area contributed by atoms with E-state index in [9.17, 15) is 13.2 Å². The number of benzene rings is 1. The summed E-state index contributed by atoms with van der Waals surface area (Å²) < 4.78 is 29.1. The van der Waals surface area contributed by atoms with Crippen molar-refractivity contribution in [3.8, 4) is 11.3 Å². The lowest BCUT2D eigenvalue weighted by Gasteiger charge is -2.06. The lowest BCUT2D eigenvalue weighted by atomic mass is 10.1. The minimum Gasteiger partial charge on any atom is -0.268 e. The molecule has 0 fully saturated rings. The quantitative estimate of drug-likeness (QED) is 0.702. The van der Waals surface area contributed by atoms with Crippen molar-refractivity contribution >= 4 is 21.4 Å². The van der Waals surface area contributed by atoms with Gasteiger partial charge in [0.1, 0.15) is 4.21 Å². The number of nitrogens with one attached hydrogen (secondary N) is 1. The maximum absolute atomic E-state index is 12.5. The van der Waals surface area contributed by atoms with Crippen LogP contribution >= 0.6 is 11.3 Å². The second-order valence-corrected chi connectivity index (χ2v) is 8.73. The van der Waals surface area contributed by atoms with Gasteiger partial charge >= 0.3 is 0 Å². The molecule has 0 unspecified atom stereocenters. The largest absolute Gasteiger partial charge is 0.268 e. The van der Waals surface area contributed by atoms with Crippen LogP contribution in [0.5, 0.6) is 0 Å². The molecule has 0 amide bonds. The number of aromatic nitrogens is 2. The smallest absolute Gasteiger partial charge is 0.266 e. The van der Waals surface area contributed by atoms with Crippen LogP contribution in [0.1, 0.15) is 18.1 Å². The van der Waals surface area contributed by atoms with E-state index >= 15 is 0 Å². The van der Waals surface area contributed by atoms with Crippen LogP contribution in [0.3, 0.4) is 0 Å². The average molecular weight is 390 g/mol. The molecule has 0 spiro atoms. The third kappa shape index (κ3) is 4.09. The van der Waals surface area contributed by atoms with Gasteiger partial charge in [-0.1, -0.05) is 31.2 Å². The average Bonchev–Trinajstić information content (AvgIpc) is 3.14. The molecule has 26 heavy (non-hydrogen) atoms. The van der Waals surface area contributed by atoms with Crippen molar-refractivity contribution in [2.75, 3.05) is 0 Å². The highest BCUT2D eigenvalue weighted by molar-refractivity contribution is 7.91. The molecule has 136 valence electrons. The number of hydrogen-bond acceptors (Lipinski definition) is 5. The molecule has 0 radical (unpaired) electrons. The van der Waals surface area contributed by atoms with Crippen molar-refractivity contribution in [3.63, 3.8) is 0 Å². The highest BCUT2D eigenvalue weighted by Crippen LogP contribution is 2.26. The third-order valence-electron chi connectivity index (χ3n) is 3.99. The fourth-order valence-electron chi connectivity index (χ4n) is 2.39. The van der Waals surface area contributed by atoms with E-state index < -0.39 is 10.0 Å². The van der Waals surface area contributed by atoms with Crippen LogP contribution in [-0.2, 0) is 30.0 Å². The Labute approximate surface area is 156 Å². The molecule has 0 bridgehead atoms. The molecule has 2 aromatic heterocycles. The second kappa shape index (κ2) is 7.53. The summed E-state index contributed by atoms with van der Waals surface area (Å²) in [6.07, 6.45) is 0.948. The number of nitrogens with zero attached hydrogens (tertiary/aromatic N) is 2. The van der Waals surface area contributed by atoms with Gasteiger partial charge in [0.05, 0.1) is 5.69 Å². The number of rotatable bonds is 6. The molecule has 0 aliphatic carbocycles. The van der Waals surface area contributed by atoms with E-state index in [2.05, 4.69) is 16.7 Å². The molecule has 3 aromatic rings. The zero-order chi connectivity index (χ0) is 18.7. The molecule has 0 aliphatic heterocycles. The van der Waals surface area contributed by atoms with E-state index in [1.54, 1.807) is 24.6 Å². The minimum absolute atomic E-state index is 0.215. The van der Waals surface area contributed by atoms with Crippen LogP contribution in [0, 0.1) is 0 Å². The van der Waals surface area contributed by atoms with E-state index in [1.807, 2.05) is 24.3 Å². The molecule has 1 N–H and O–H groups in total. The highest BCUT2D eigenvalue weighted by atomic mass is 32.2. The van der Waals surface area contributed by atoms with Crippen molar-refractivity contribution in [2.24, 2.45) is 7.05 Å². The van der Waals surface area contributed by atoms with Gasteiger partial charge in [-0.3, -0.25) is 4.79 Å². The molecule has 2 heterocycles. The second-order valence-electron chi connectivity index (χ2n) is 5.83. The Hall–Kier alpha value is -2.29. The van der Waals surface area contributed by atoms with Gasteiger partial charge in [-0.05, 0) is 29.7 Å². The maximum atomic E-state index is 12.5. The Morgan fingerprint density at radius 2 is 1.81 bits per heavy atom. The minimum atomic E-state index is -3.61. The van der Waals surface area contributed by atoms with Gasteiger partial charge in [0, 0.05) is 30.6 Å². The Bertz CT molecular complexity index is 1070. The van der Waals surface area contributed by atoms with Gasteiger partial charge in [0.2, 0.25) is 10.0 Å². The first-order chi connectivity index (χ1) is 12.4. The van der Waals surface area contributed by atoms with E-state index in [4.69, 9.17) is 0 Å². The molecule has 0 saturated heterocycles. The SMILES string of the molecule is CCc1ccc(CNS(=O)(=O)c2cc(-c3ccc(=O)n(C)n3)cs2)cc1. The van der Waals surface area contributed by atoms with Gasteiger partial charge in [-0.2, -0.15) is 5.10 Å². The first kappa shape index (κ1) is 18.5. The Morgan fingerprint density at radius 3 is 2.46 bits per heavy atom. The molecule has 8 heteroatoms. The highest BCUT2D eigenvalue weighted by Gasteiger charge is 2.17. The van der Waals surface area contributed by atoms with Gasteiger partial charge < -0.3 is 0 Å². The summed E-state index contributed by atoms with van der Waals surface area (Å²) in [4.78, 5) is 11.4. The summed E-state index contributed by atoms with van der Waals surface area (Å²) in [7, 11) is -2.05. The Kier molecular flexibility index (Phi) is 5.36. The predicted molar refractivity (Wildman–Crippen MR) is 103 cm³/mol. The molecule has 0 atom stereocenters. The summed E-state index contributed by atoms with van der Waals surface area (Å²) in [5, 5.41) is 5.86. The molecule has 0 aliphatic rings. The summed E-state index contributed by atoms with van der Waals surface area (Å²) in [5.74, 6) is 0. The zero-order valence-electron chi connectivity index (χ0n) is 14.5. The zero-order valence-corrected chi connectivity index (χ0v) is 16.1. The first-order valence-electron chi connectivity index (χ1n) is 8.10. The van der Waals surface area contributed by atoms with Crippen molar-refractivity contribution in [1.29, 1.82) is 0 Å². The van der Waals surface area contributed by atoms with Crippen LogP contribution in [0.2, 0.25) is 0 Å². The molecule has 0 saturated carbocycles. The van der Waals surface area contributed by atoms with Crippen molar-refractivity contribution in [3.05, 3.63) is 69.3 Å². The molecule has 6 nitrogen and oxygen atoms in total. The normalized spacial score (nSPS) is 11.6. The molecular weight excluding hydrogens is 370 g/mol. The fourth-order valence-corrected chi connectivity index (χ4v) is 4.63. The van der Waals surface area contributed by atoms with Gasteiger partial charge in [0.15, 0.2) is 0 Å². The third-order valence-corrected chi connectivity index (χ3v) is 6.83. The topological polar surface area (TPSA) is 81.1 Å². The molecule has 1 aromatic carbocycles. The maximum Gasteiger partial charge on any atom is 0.266 e. The first-order valence-corrected chi connectivity index (χ1v) is 10.5. The summed E-state index contributed by atoms with van der Waals surface area (Å²) in [6.45, 7) is 2.31. The van der Waals surface area contributed by atoms with Crippen molar-refractivity contribution in [1.82, 2.24) is 14.5 Å². The molecule has 3 rings (SSSR count). The van der Waals surface area contributed by atoms with Gasteiger partial charge in [0.25, 0.3) is 5.56 Å². The van der Waals surface area contributed by atoms with Gasteiger partial charge in [-0.15, -0.1) is 11.3 Å². The van der Waals surface area contributed by atoms with Crippen LogP contribution < -0.4 is 10.3 Å². The van der Waals surface area contributed by atoms with E-state index in [-0.39, 0.29) is 16.3 Å². The monoisotopic (exact) mass is 389 g/mol. The van der Waals surface area contributed by atoms with Crippen LogP contribution in [0.4, 0.5) is 0 Å². The van der Waals surface area contributed by atoms with Crippen LogP contribution in [0.15, 0.2) is 56.8 Å². The van der Waals surface area contributed by atoms with Crippen molar-refractivity contribution in [2.45, 2.75) is 24.1 Å². The standard InChI is InChI=1S/C18H19N3O3S2/c1-3-13-4-6-14(7-5-13)11-19-26(23,24)18-10-15(12-25-18)16-8-9-17(22)21(2)20-16/h4-10,12,19H,3,11H2,1-2H3. The Balaban J connectivity index is 1.76. The molecular formula is C18H19N3O3S2. The lowest BCUT2D eigenvalue weighted by Crippen LogP contribution is -2.22. The summed E-state index contributed by atoms with van der Waals surface area (Å²) in [6, 6.07) is 12.4. The fraction of sp³-hybridized carbons (Fsp3) is 0.222. The van der Waals surface area contributed by atoms with E-state index in [1.165, 1.54) is 16.3 Å². The summed E-state index contributed by atoms with van der Waals surface area (Å²) >= 11 is 1.12. The number of hydrogen-bond donors (Lipinski definition) is 1. The number of aryl methyl sites for hydroxylation is 2. The Morgan fingerprint density at radius 1 is 1.12 bits per heavy atom.